The summed E-state index contributed by atoms with van der Waals surface area (Å²) in [7, 11) is 0. The van der Waals surface area contributed by atoms with Crippen LogP contribution in [0.2, 0.25) is 10.0 Å². The molecule has 5 nitrogen and oxygen atoms in total. The van der Waals surface area contributed by atoms with Crippen molar-refractivity contribution in [3.8, 4) is 0 Å². The van der Waals surface area contributed by atoms with E-state index in [1.54, 1.807) is 12.1 Å². The van der Waals surface area contributed by atoms with Gasteiger partial charge >= 0.3 is 0 Å². The fourth-order valence-electron chi connectivity index (χ4n) is 1.73. The molecule has 2 amide bonds. The molecule has 116 valence electrons. The molecule has 0 heterocycles. The molecule has 0 saturated carbocycles. The molecule has 21 heavy (non-hydrogen) atoms. The topological polar surface area (TPSA) is 84.2 Å². The van der Waals surface area contributed by atoms with E-state index in [2.05, 4.69) is 10.6 Å². The predicted molar refractivity (Wildman–Crippen MR) is 86.7 cm³/mol. The third-order valence-electron chi connectivity index (χ3n) is 2.82. The monoisotopic (exact) mass is 331 g/mol. The molecule has 0 radical (unpaired) electrons. The van der Waals surface area contributed by atoms with Gasteiger partial charge in [0, 0.05) is 25.6 Å². The van der Waals surface area contributed by atoms with Crippen molar-refractivity contribution in [1.29, 1.82) is 0 Å². The molecule has 4 N–H and O–H groups in total. The van der Waals surface area contributed by atoms with Crippen LogP contribution in [0.4, 0.5) is 11.4 Å². The Labute approximate surface area is 134 Å². The number of anilines is 2. The second-order valence-electron chi connectivity index (χ2n) is 4.70. The number of nitrogen functional groups attached to an aromatic ring is 1. The van der Waals surface area contributed by atoms with Crippen LogP contribution in [-0.2, 0) is 9.59 Å². The molecular weight excluding hydrogens is 313 g/mol. The fraction of sp³-hybridized carbons (Fsp3) is 0.429. The second kappa shape index (κ2) is 8.74. The zero-order chi connectivity index (χ0) is 15.8. The predicted octanol–water partition coefficient (Wildman–Crippen LogP) is 3.21. The zero-order valence-electron chi connectivity index (χ0n) is 11.8. The normalized spacial score (nSPS) is 10.2. The Balaban J connectivity index is 2.29. The minimum absolute atomic E-state index is 0.0372. The zero-order valence-corrected chi connectivity index (χ0v) is 13.4. The van der Waals surface area contributed by atoms with Crippen molar-refractivity contribution >= 4 is 46.4 Å². The highest BCUT2D eigenvalue weighted by Gasteiger charge is 2.07. The van der Waals surface area contributed by atoms with Crippen molar-refractivity contribution in [2.24, 2.45) is 0 Å². The van der Waals surface area contributed by atoms with Crippen LogP contribution >= 0.6 is 23.2 Å². The molecule has 0 spiro atoms. The van der Waals surface area contributed by atoms with Gasteiger partial charge in [0.1, 0.15) is 0 Å². The molecule has 0 bridgehead atoms. The van der Waals surface area contributed by atoms with Crippen molar-refractivity contribution in [1.82, 2.24) is 5.32 Å². The van der Waals surface area contributed by atoms with Gasteiger partial charge in [0.05, 0.1) is 15.7 Å². The molecule has 1 aromatic rings. The number of hydrogen-bond donors (Lipinski definition) is 3. The van der Waals surface area contributed by atoms with E-state index >= 15 is 0 Å². The van der Waals surface area contributed by atoms with Gasteiger partial charge in [-0.05, 0) is 25.0 Å². The van der Waals surface area contributed by atoms with Crippen LogP contribution in [0.1, 0.15) is 32.6 Å². The third-order valence-corrected chi connectivity index (χ3v) is 3.44. The van der Waals surface area contributed by atoms with Crippen LogP contribution < -0.4 is 16.4 Å². The minimum atomic E-state index is -0.105. The van der Waals surface area contributed by atoms with E-state index in [4.69, 9.17) is 28.9 Å². The summed E-state index contributed by atoms with van der Waals surface area (Å²) in [6.45, 7) is 2.12. The Morgan fingerprint density at radius 2 is 1.76 bits per heavy atom. The van der Waals surface area contributed by atoms with Gasteiger partial charge in [-0.3, -0.25) is 9.59 Å². The lowest BCUT2D eigenvalue weighted by molar-refractivity contribution is -0.119. The largest absolute Gasteiger partial charge is 0.396 e. The number of rotatable bonds is 7. The van der Waals surface area contributed by atoms with Gasteiger partial charge in [0.15, 0.2) is 0 Å². The average molecular weight is 332 g/mol. The first-order valence-electron chi connectivity index (χ1n) is 6.69. The van der Waals surface area contributed by atoms with Crippen LogP contribution in [0, 0.1) is 0 Å². The number of hydrogen-bond acceptors (Lipinski definition) is 3. The van der Waals surface area contributed by atoms with Crippen LogP contribution in [-0.4, -0.2) is 18.4 Å². The molecule has 0 saturated heterocycles. The standard InChI is InChI=1S/C14H19Cl2N3O2/c1-9(20)18-6-4-2-3-5-13(21)19-10-7-11(15)14(17)12(16)8-10/h7-8H,2-6,17H2,1H3,(H,18,20)(H,19,21). The Morgan fingerprint density at radius 3 is 2.33 bits per heavy atom. The fourth-order valence-corrected chi connectivity index (χ4v) is 2.22. The second-order valence-corrected chi connectivity index (χ2v) is 5.51. The summed E-state index contributed by atoms with van der Waals surface area (Å²) in [5.74, 6) is -0.142. The van der Waals surface area contributed by atoms with Gasteiger partial charge in [-0.1, -0.05) is 29.6 Å². The lowest BCUT2D eigenvalue weighted by Gasteiger charge is -2.08. The number of nitrogens with one attached hydrogen (secondary N) is 2. The van der Waals surface area contributed by atoms with Gasteiger partial charge in [-0.2, -0.15) is 0 Å². The molecule has 0 aromatic heterocycles. The molecule has 0 fully saturated rings. The van der Waals surface area contributed by atoms with E-state index in [-0.39, 0.29) is 11.8 Å². The summed E-state index contributed by atoms with van der Waals surface area (Å²) >= 11 is 11.8. The Kier molecular flexibility index (Phi) is 7.32. The summed E-state index contributed by atoms with van der Waals surface area (Å²) in [4.78, 5) is 22.4. The minimum Gasteiger partial charge on any atom is -0.396 e. The van der Waals surface area contributed by atoms with E-state index in [1.165, 1.54) is 6.92 Å². The quantitative estimate of drug-likeness (QED) is 0.529. The first-order valence-corrected chi connectivity index (χ1v) is 7.44. The maximum atomic E-state index is 11.8. The first kappa shape index (κ1) is 17.6. The average Bonchev–Trinajstić information content (AvgIpc) is 2.39. The van der Waals surface area contributed by atoms with Gasteiger partial charge in [0.2, 0.25) is 11.8 Å². The van der Waals surface area contributed by atoms with Gasteiger partial charge in [0.25, 0.3) is 0 Å². The smallest absolute Gasteiger partial charge is 0.224 e. The Morgan fingerprint density at radius 1 is 1.14 bits per heavy atom. The van der Waals surface area contributed by atoms with Gasteiger partial charge in [-0.15, -0.1) is 0 Å². The van der Waals surface area contributed by atoms with Crippen molar-refractivity contribution < 1.29 is 9.59 Å². The van der Waals surface area contributed by atoms with Crippen LogP contribution in [0.25, 0.3) is 0 Å². The van der Waals surface area contributed by atoms with E-state index < -0.39 is 0 Å². The number of benzene rings is 1. The highest BCUT2D eigenvalue weighted by molar-refractivity contribution is 6.39. The van der Waals surface area contributed by atoms with E-state index in [9.17, 15) is 9.59 Å². The number of amides is 2. The van der Waals surface area contributed by atoms with E-state index in [0.29, 0.717) is 34.4 Å². The van der Waals surface area contributed by atoms with Crippen molar-refractivity contribution in [2.75, 3.05) is 17.6 Å². The van der Waals surface area contributed by atoms with Crippen molar-refractivity contribution in [3.05, 3.63) is 22.2 Å². The molecule has 0 unspecified atom stereocenters. The highest BCUT2D eigenvalue weighted by atomic mass is 35.5. The molecule has 0 atom stereocenters. The lowest BCUT2D eigenvalue weighted by atomic mass is 10.2. The maximum Gasteiger partial charge on any atom is 0.224 e. The first-order chi connectivity index (χ1) is 9.90. The van der Waals surface area contributed by atoms with E-state index in [1.807, 2.05) is 0 Å². The number of halogens is 2. The van der Waals surface area contributed by atoms with Crippen LogP contribution in [0.5, 0.6) is 0 Å². The van der Waals surface area contributed by atoms with E-state index in [0.717, 1.165) is 19.3 Å². The molecule has 1 aromatic carbocycles. The number of carbonyl (C=O) groups is 2. The molecule has 0 aliphatic carbocycles. The van der Waals surface area contributed by atoms with Crippen molar-refractivity contribution in [2.45, 2.75) is 32.6 Å². The van der Waals surface area contributed by atoms with Crippen LogP contribution in [0.15, 0.2) is 12.1 Å². The molecular formula is C14H19Cl2N3O2. The summed E-state index contributed by atoms with van der Waals surface area (Å²) < 4.78 is 0. The summed E-state index contributed by atoms with van der Waals surface area (Å²) in [6.07, 6.45) is 2.88. The van der Waals surface area contributed by atoms with Gasteiger partial charge in [-0.25, -0.2) is 0 Å². The summed E-state index contributed by atoms with van der Waals surface area (Å²) in [5, 5.41) is 6.06. The number of nitrogens with two attached hydrogens (primary N) is 1. The lowest BCUT2D eigenvalue weighted by Crippen LogP contribution is -2.20. The molecule has 0 aliphatic rings. The van der Waals surface area contributed by atoms with Crippen molar-refractivity contribution in [3.63, 3.8) is 0 Å². The summed E-state index contributed by atoms with van der Waals surface area (Å²) in [5.41, 5.74) is 6.45. The molecule has 0 aliphatic heterocycles. The molecule has 1 rings (SSSR count). The van der Waals surface area contributed by atoms with Gasteiger partial charge < -0.3 is 16.4 Å². The number of unbranched alkanes of at least 4 members (excludes halogenated alkanes) is 2. The highest BCUT2D eigenvalue weighted by Crippen LogP contribution is 2.31. The number of carbonyl (C=O) groups excluding carboxylic acids is 2. The summed E-state index contributed by atoms with van der Waals surface area (Å²) in [6, 6.07) is 3.13. The maximum absolute atomic E-state index is 11.8. The Hall–Kier alpha value is -1.46. The third kappa shape index (κ3) is 6.69. The Bertz CT molecular complexity index is 498. The van der Waals surface area contributed by atoms with Crippen LogP contribution in [0.3, 0.4) is 0 Å². The SMILES string of the molecule is CC(=O)NCCCCCC(=O)Nc1cc(Cl)c(N)c(Cl)c1. The molecule has 7 heteroatoms.